The third-order valence-electron chi connectivity index (χ3n) is 3.43. The number of benzene rings is 1. The summed E-state index contributed by atoms with van der Waals surface area (Å²) in [5.74, 6) is -0.567. The summed E-state index contributed by atoms with van der Waals surface area (Å²) in [4.78, 5) is 24.8. The van der Waals surface area contributed by atoms with Crippen LogP contribution in [0.5, 0.6) is 0 Å². The summed E-state index contributed by atoms with van der Waals surface area (Å²) < 4.78 is 38.6. The van der Waals surface area contributed by atoms with Crippen LogP contribution in [0.2, 0.25) is 0 Å². The van der Waals surface area contributed by atoms with Gasteiger partial charge in [-0.3, -0.25) is 9.59 Å². The molecule has 134 valence electrons. The van der Waals surface area contributed by atoms with Crippen molar-refractivity contribution in [3.8, 4) is 10.6 Å². The van der Waals surface area contributed by atoms with Gasteiger partial charge in [0, 0.05) is 11.8 Å². The Balaban J connectivity index is 1.72. The second kappa shape index (κ2) is 7.12. The molecule has 0 saturated carbocycles. The molecule has 0 atom stereocenters. The van der Waals surface area contributed by atoms with E-state index >= 15 is 0 Å². The third-order valence-corrected chi connectivity index (χ3v) is 4.32. The number of hydrogen-bond acceptors (Lipinski definition) is 4. The number of hydrogen-bond donors (Lipinski definition) is 1. The van der Waals surface area contributed by atoms with E-state index in [0.29, 0.717) is 5.69 Å². The van der Waals surface area contributed by atoms with Crippen molar-refractivity contribution in [2.45, 2.75) is 12.7 Å². The summed E-state index contributed by atoms with van der Waals surface area (Å²) >= 11 is 1.45. The molecule has 5 nitrogen and oxygen atoms in total. The van der Waals surface area contributed by atoms with Crippen molar-refractivity contribution < 1.29 is 18.0 Å². The Kier molecular flexibility index (Phi) is 4.90. The molecule has 2 heterocycles. The van der Waals surface area contributed by atoms with Crippen molar-refractivity contribution in [3.05, 3.63) is 69.8 Å². The minimum absolute atomic E-state index is 0.200. The Morgan fingerprint density at radius 1 is 1.12 bits per heavy atom. The van der Waals surface area contributed by atoms with Crippen LogP contribution in [0.1, 0.15) is 5.56 Å². The fourth-order valence-electron chi connectivity index (χ4n) is 2.20. The molecule has 2 aromatic heterocycles. The van der Waals surface area contributed by atoms with Gasteiger partial charge in [-0.2, -0.15) is 18.3 Å². The smallest absolute Gasteiger partial charge is 0.324 e. The number of amides is 1. The summed E-state index contributed by atoms with van der Waals surface area (Å²) in [6.07, 6.45) is -4.44. The molecule has 26 heavy (non-hydrogen) atoms. The predicted octanol–water partition coefficient (Wildman–Crippen LogP) is 3.63. The van der Waals surface area contributed by atoms with E-state index in [0.717, 1.165) is 33.8 Å². The second-order valence-electron chi connectivity index (χ2n) is 5.32. The summed E-state index contributed by atoms with van der Waals surface area (Å²) in [6.45, 7) is -0.348. The predicted molar refractivity (Wildman–Crippen MR) is 91.9 cm³/mol. The number of rotatable bonds is 4. The van der Waals surface area contributed by atoms with Gasteiger partial charge < -0.3 is 5.32 Å². The van der Waals surface area contributed by atoms with Gasteiger partial charge in [-0.25, -0.2) is 4.68 Å². The number of nitrogens with zero attached hydrogens (tertiary/aromatic N) is 2. The van der Waals surface area contributed by atoms with Gasteiger partial charge >= 0.3 is 6.18 Å². The van der Waals surface area contributed by atoms with Crippen LogP contribution in [-0.4, -0.2) is 15.7 Å². The van der Waals surface area contributed by atoms with E-state index < -0.39 is 23.2 Å². The number of alkyl halides is 3. The Hall–Kier alpha value is -2.94. The van der Waals surface area contributed by atoms with Crippen LogP contribution in [0.4, 0.5) is 18.9 Å². The van der Waals surface area contributed by atoms with Crippen molar-refractivity contribution >= 4 is 22.9 Å². The maximum absolute atomic E-state index is 12.5. The molecule has 0 aliphatic heterocycles. The zero-order chi connectivity index (χ0) is 18.7. The first kappa shape index (κ1) is 17.9. The number of aromatic nitrogens is 2. The van der Waals surface area contributed by atoms with E-state index in [1.54, 1.807) is 6.07 Å². The van der Waals surface area contributed by atoms with Gasteiger partial charge in [0.1, 0.15) is 12.2 Å². The number of anilines is 1. The molecule has 0 spiro atoms. The lowest BCUT2D eigenvalue weighted by Gasteiger charge is -2.09. The van der Waals surface area contributed by atoms with Gasteiger partial charge in [-0.05, 0) is 41.8 Å². The summed E-state index contributed by atoms with van der Waals surface area (Å²) in [5, 5.41) is 8.46. The SMILES string of the molecule is O=C(Cn1nc(-c2cccs2)ccc1=O)Nc1ccc(C(F)(F)F)cc1. The average molecular weight is 379 g/mol. The lowest BCUT2D eigenvalue weighted by Crippen LogP contribution is -2.29. The van der Waals surface area contributed by atoms with E-state index in [2.05, 4.69) is 10.4 Å². The van der Waals surface area contributed by atoms with E-state index in [1.807, 2.05) is 17.5 Å². The normalized spacial score (nSPS) is 11.3. The Morgan fingerprint density at radius 2 is 1.85 bits per heavy atom. The molecule has 0 unspecified atom stereocenters. The molecule has 0 saturated heterocycles. The van der Waals surface area contributed by atoms with Gasteiger partial charge in [0.15, 0.2) is 0 Å². The third kappa shape index (κ3) is 4.17. The fourth-order valence-corrected chi connectivity index (χ4v) is 2.89. The minimum Gasteiger partial charge on any atom is -0.324 e. The lowest BCUT2D eigenvalue weighted by molar-refractivity contribution is -0.137. The number of halogens is 3. The number of nitrogens with one attached hydrogen (secondary N) is 1. The molecular formula is C17H12F3N3O2S. The minimum atomic E-state index is -4.44. The highest BCUT2D eigenvalue weighted by Gasteiger charge is 2.29. The van der Waals surface area contributed by atoms with Crippen molar-refractivity contribution in [1.29, 1.82) is 0 Å². The quantitative estimate of drug-likeness (QED) is 0.753. The molecule has 3 aromatic rings. The molecule has 3 rings (SSSR count). The van der Waals surface area contributed by atoms with Gasteiger partial charge in [-0.1, -0.05) is 6.07 Å². The van der Waals surface area contributed by atoms with Gasteiger partial charge in [-0.15, -0.1) is 11.3 Å². The molecule has 0 aliphatic carbocycles. The van der Waals surface area contributed by atoms with Crippen LogP contribution in [0.15, 0.2) is 58.7 Å². The number of carbonyl (C=O) groups is 1. The maximum Gasteiger partial charge on any atom is 0.416 e. The molecule has 1 N–H and O–H groups in total. The largest absolute Gasteiger partial charge is 0.416 e. The molecule has 0 aliphatic rings. The first-order valence-corrected chi connectivity index (χ1v) is 8.30. The molecular weight excluding hydrogens is 367 g/mol. The summed E-state index contributed by atoms with van der Waals surface area (Å²) in [7, 11) is 0. The van der Waals surface area contributed by atoms with Gasteiger partial charge in [0.2, 0.25) is 5.91 Å². The van der Waals surface area contributed by atoms with E-state index in [-0.39, 0.29) is 12.2 Å². The Labute approximate surface area is 149 Å². The van der Waals surface area contributed by atoms with Gasteiger partial charge in [0.05, 0.1) is 10.4 Å². The molecule has 1 amide bonds. The highest BCUT2D eigenvalue weighted by molar-refractivity contribution is 7.13. The van der Waals surface area contributed by atoms with Crippen LogP contribution in [-0.2, 0) is 17.5 Å². The Bertz CT molecular complexity index is 964. The van der Waals surface area contributed by atoms with E-state index in [9.17, 15) is 22.8 Å². The zero-order valence-corrected chi connectivity index (χ0v) is 14.0. The zero-order valence-electron chi connectivity index (χ0n) is 13.2. The molecule has 0 bridgehead atoms. The van der Waals surface area contributed by atoms with Crippen LogP contribution >= 0.6 is 11.3 Å². The van der Waals surface area contributed by atoms with Crippen LogP contribution < -0.4 is 10.9 Å². The maximum atomic E-state index is 12.5. The molecule has 9 heteroatoms. The molecule has 0 fully saturated rings. The first-order valence-electron chi connectivity index (χ1n) is 7.42. The molecule has 1 aromatic carbocycles. The monoisotopic (exact) mass is 379 g/mol. The summed E-state index contributed by atoms with van der Waals surface area (Å²) in [6, 6.07) is 10.6. The van der Waals surface area contributed by atoms with E-state index in [1.165, 1.54) is 17.4 Å². The number of carbonyl (C=O) groups excluding carboxylic acids is 1. The van der Waals surface area contributed by atoms with Crippen molar-refractivity contribution in [1.82, 2.24) is 9.78 Å². The summed E-state index contributed by atoms with van der Waals surface area (Å²) in [5.41, 5.74) is -0.502. The van der Waals surface area contributed by atoms with Crippen molar-refractivity contribution in [2.24, 2.45) is 0 Å². The fraction of sp³-hybridized carbons (Fsp3) is 0.118. The van der Waals surface area contributed by atoms with Crippen molar-refractivity contribution in [2.75, 3.05) is 5.32 Å². The first-order chi connectivity index (χ1) is 12.3. The highest BCUT2D eigenvalue weighted by atomic mass is 32.1. The number of thiophene rings is 1. The Morgan fingerprint density at radius 3 is 2.46 bits per heavy atom. The van der Waals surface area contributed by atoms with Crippen LogP contribution in [0.3, 0.4) is 0 Å². The van der Waals surface area contributed by atoms with Gasteiger partial charge in [0.25, 0.3) is 5.56 Å². The van der Waals surface area contributed by atoms with Crippen LogP contribution in [0.25, 0.3) is 10.6 Å². The van der Waals surface area contributed by atoms with Crippen molar-refractivity contribution in [3.63, 3.8) is 0 Å². The molecule has 0 radical (unpaired) electrons. The topological polar surface area (TPSA) is 64.0 Å². The highest BCUT2D eigenvalue weighted by Crippen LogP contribution is 2.29. The lowest BCUT2D eigenvalue weighted by atomic mass is 10.2. The second-order valence-corrected chi connectivity index (χ2v) is 6.26. The standard InChI is InChI=1S/C17H12F3N3O2S/c18-17(19,20)11-3-5-12(6-4-11)21-15(24)10-23-16(25)8-7-13(22-23)14-2-1-9-26-14/h1-9H,10H2,(H,21,24). The van der Waals surface area contributed by atoms with E-state index in [4.69, 9.17) is 0 Å². The van der Waals surface area contributed by atoms with Crippen LogP contribution in [0, 0.1) is 0 Å². The average Bonchev–Trinajstić information content (AvgIpc) is 3.11.